The normalized spacial score (nSPS) is 19.4. The molecule has 5 nitrogen and oxygen atoms in total. The number of benzene rings is 1. The molecule has 1 amide bonds. The molecular weight excluding hydrogens is 410 g/mol. The Morgan fingerprint density at radius 2 is 1.90 bits per heavy atom. The van der Waals surface area contributed by atoms with Crippen molar-refractivity contribution in [3.63, 3.8) is 0 Å². The Bertz CT molecular complexity index is 859. The summed E-state index contributed by atoms with van der Waals surface area (Å²) in [4.78, 5) is 21.3. The predicted octanol–water partition coefficient (Wildman–Crippen LogP) is 3.71. The number of nitrogens with zero attached hydrogens (tertiary/aromatic N) is 3. The molecule has 29 heavy (non-hydrogen) atoms. The molecule has 1 aliphatic heterocycles. The van der Waals surface area contributed by atoms with Crippen LogP contribution in [0.4, 0.5) is 17.6 Å². The minimum absolute atomic E-state index is 0.0836. The van der Waals surface area contributed by atoms with Gasteiger partial charge in [-0.3, -0.25) is 4.79 Å². The summed E-state index contributed by atoms with van der Waals surface area (Å²) in [5.41, 5.74) is -0.153. The third-order valence-electron chi connectivity index (χ3n) is 4.30. The summed E-state index contributed by atoms with van der Waals surface area (Å²) in [5.74, 6) is -0.810. The van der Waals surface area contributed by atoms with E-state index in [4.69, 9.17) is 4.74 Å². The second kappa shape index (κ2) is 8.91. The third-order valence-corrected chi connectivity index (χ3v) is 5.48. The number of hydrogen-bond acceptors (Lipinski definition) is 5. The quantitative estimate of drug-likeness (QED) is 0.400. The van der Waals surface area contributed by atoms with Crippen LogP contribution in [0.5, 0.6) is 0 Å². The fourth-order valence-electron chi connectivity index (χ4n) is 2.82. The maximum Gasteiger partial charge on any atom is 0.416 e. The number of aromatic nitrogens is 2. The van der Waals surface area contributed by atoms with Crippen LogP contribution in [0, 0.1) is 5.82 Å². The molecule has 0 aliphatic carbocycles. The van der Waals surface area contributed by atoms with E-state index in [1.165, 1.54) is 30.0 Å². The van der Waals surface area contributed by atoms with Crippen molar-refractivity contribution in [3.05, 3.63) is 66.3 Å². The van der Waals surface area contributed by atoms with Gasteiger partial charge in [-0.2, -0.15) is 13.2 Å². The molecule has 0 radical (unpaired) electrons. The molecule has 2 heterocycles. The van der Waals surface area contributed by atoms with Crippen LogP contribution in [-0.4, -0.2) is 45.2 Å². The monoisotopic (exact) mass is 427 g/mol. The highest BCUT2D eigenvalue weighted by molar-refractivity contribution is 7.99. The first-order valence-electron chi connectivity index (χ1n) is 8.59. The number of alkyl halides is 3. The van der Waals surface area contributed by atoms with Crippen LogP contribution < -0.4 is 0 Å². The van der Waals surface area contributed by atoms with Gasteiger partial charge in [0.25, 0.3) is 0 Å². The molecule has 3 rings (SSSR count). The highest BCUT2D eigenvalue weighted by atomic mass is 32.2. The third kappa shape index (κ3) is 5.54. The average molecular weight is 427 g/mol. The number of ether oxygens (including phenoxy) is 1. The van der Waals surface area contributed by atoms with Gasteiger partial charge in [0, 0.05) is 13.1 Å². The summed E-state index contributed by atoms with van der Waals surface area (Å²) in [7, 11) is 0. The van der Waals surface area contributed by atoms with Crippen molar-refractivity contribution in [1.29, 1.82) is 0 Å². The highest BCUT2D eigenvalue weighted by Crippen LogP contribution is 2.31. The maximum absolute atomic E-state index is 13.0. The highest BCUT2D eigenvalue weighted by Gasteiger charge is 2.36. The van der Waals surface area contributed by atoms with Crippen molar-refractivity contribution in [3.8, 4) is 0 Å². The van der Waals surface area contributed by atoms with E-state index in [9.17, 15) is 22.4 Å². The van der Waals surface area contributed by atoms with Gasteiger partial charge in [0.2, 0.25) is 5.91 Å². The molecule has 0 N–H and O–H groups in total. The zero-order valence-corrected chi connectivity index (χ0v) is 15.9. The molecule has 2 aromatic rings. The molecule has 0 spiro atoms. The van der Waals surface area contributed by atoms with Crippen LogP contribution in [0.25, 0.3) is 0 Å². The van der Waals surface area contributed by atoms with Crippen molar-refractivity contribution < 1.29 is 27.1 Å². The van der Waals surface area contributed by atoms with Crippen molar-refractivity contribution >= 4 is 17.7 Å². The Hall–Kier alpha value is -2.46. The minimum Gasteiger partial charge on any atom is -0.370 e. The number of rotatable bonds is 6. The number of carbonyl (C=O) groups excluding carboxylic acids is 1. The number of halogens is 4. The summed E-state index contributed by atoms with van der Waals surface area (Å²) >= 11 is 1.25. The van der Waals surface area contributed by atoms with E-state index >= 15 is 0 Å². The number of thioether (sulfide) groups is 1. The summed E-state index contributed by atoms with van der Waals surface area (Å²) in [6.07, 6.45) is -1.49. The fourth-order valence-corrected chi connectivity index (χ4v) is 3.89. The fraction of sp³-hybridized carbons (Fsp3) is 0.316. The molecule has 1 saturated heterocycles. The van der Waals surface area contributed by atoms with Crippen LogP contribution in [0.2, 0.25) is 0 Å². The lowest BCUT2D eigenvalue weighted by molar-refractivity contribution is -0.137. The van der Waals surface area contributed by atoms with Gasteiger partial charge in [0.05, 0.1) is 35.9 Å². The smallest absolute Gasteiger partial charge is 0.370 e. The topological polar surface area (TPSA) is 55.3 Å². The first kappa shape index (κ1) is 21.3. The summed E-state index contributed by atoms with van der Waals surface area (Å²) in [6.45, 7) is 4.21. The van der Waals surface area contributed by atoms with Gasteiger partial charge in [0.15, 0.2) is 11.0 Å². The van der Waals surface area contributed by atoms with Gasteiger partial charge in [-0.05, 0) is 23.8 Å². The van der Waals surface area contributed by atoms with Gasteiger partial charge < -0.3 is 9.64 Å². The number of carbonyl (C=O) groups is 1. The molecule has 1 aliphatic rings. The van der Waals surface area contributed by atoms with E-state index < -0.39 is 23.7 Å². The van der Waals surface area contributed by atoms with E-state index in [1.807, 2.05) is 0 Å². The van der Waals surface area contributed by atoms with Gasteiger partial charge in [-0.25, -0.2) is 14.4 Å². The predicted molar refractivity (Wildman–Crippen MR) is 98.4 cm³/mol. The minimum atomic E-state index is -4.40. The lowest BCUT2D eigenvalue weighted by Crippen LogP contribution is -2.28. The Labute approximate surface area is 168 Å². The lowest BCUT2D eigenvalue weighted by atomic mass is 10.1. The molecule has 1 aromatic heterocycles. The largest absolute Gasteiger partial charge is 0.416 e. The van der Waals surface area contributed by atoms with E-state index in [2.05, 4.69) is 16.5 Å². The van der Waals surface area contributed by atoms with E-state index in [0.717, 1.165) is 24.5 Å². The van der Waals surface area contributed by atoms with Gasteiger partial charge >= 0.3 is 6.18 Å². The number of hydrogen-bond donors (Lipinski definition) is 0. The molecule has 10 heteroatoms. The van der Waals surface area contributed by atoms with Gasteiger partial charge in [-0.15, -0.1) is 0 Å². The Morgan fingerprint density at radius 1 is 1.24 bits per heavy atom. The van der Waals surface area contributed by atoms with E-state index in [0.29, 0.717) is 23.8 Å². The molecule has 154 valence electrons. The zero-order valence-electron chi connectivity index (χ0n) is 15.1. The van der Waals surface area contributed by atoms with Crippen molar-refractivity contribution in [2.24, 2.45) is 0 Å². The molecule has 1 aromatic carbocycles. The molecule has 0 unspecified atom stereocenters. The first-order valence-corrected chi connectivity index (χ1v) is 9.47. The zero-order chi connectivity index (χ0) is 21.0. The molecule has 2 atom stereocenters. The summed E-state index contributed by atoms with van der Waals surface area (Å²) < 4.78 is 56.9. The van der Waals surface area contributed by atoms with Crippen LogP contribution in [0.15, 0.2) is 54.5 Å². The summed E-state index contributed by atoms with van der Waals surface area (Å²) in [5, 5.41) is 0.117. The Kier molecular flexibility index (Phi) is 6.53. The van der Waals surface area contributed by atoms with Crippen molar-refractivity contribution in [1.82, 2.24) is 14.9 Å². The van der Waals surface area contributed by atoms with Crippen LogP contribution in [-0.2, 0) is 22.3 Å². The van der Waals surface area contributed by atoms with E-state index in [1.54, 1.807) is 4.90 Å². The van der Waals surface area contributed by atoms with Crippen molar-refractivity contribution in [2.45, 2.75) is 29.3 Å². The van der Waals surface area contributed by atoms with Crippen molar-refractivity contribution in [2.75, 3.05) is 13.1 Å². The molecule has 0 bridgehead atoms. The average Bonchev–Trinajstić information content (AvgIpc) is 3.10. The van der Waals surface area contributed by atoms with Gasteiger partial charge in [0.1, 0.15) is 0 Å². The van der Waals surface area contributed by atoms with E-state index in [-0.39, 0.29) is 17.8 Å². The first-order chi connectivity index (χ1) is 13.8. The van der Waals surface area contributed by atoms with Crippen LogP contribution in [0.1, 0.15) is 11.1 Å². The SMILES string of the molecule is C=CC(=O)N1C[C@@H](OCc2ccc(C(F)(F)F)cc2)[C@H](Sc2ncc(F)cn2)C1. The number of likely N-dealkylation sites (tertiary alicyclic amines) is 1. The number of amides is 1. The molecule has 1 fully saturated rings. The second-order valence-corrected chi connectivity index (χ2v) is 7.54. The standard InChI is InChI=1S/C19H17F4N3O2S/c1-2-17(27)26-9-15(16(10-26)29-18-24-7-14(20)8-25-18)28-11-12-3-5-13(6-4-12)19(21,22)23/h2-8,15-16H,1,9-11H2/t15-,16-/m1/s1. The summed E-state index contributed by atoms with van der Waals surface area (Å²) in [6, 6.07) is 4.71. The maximum atomic E-state index is 13.0. The Balaban J connectivity index is 1.67. The lowest BCUT2D eigenvalue weighted by Gasteiger charge is -2.18. The molecule has 0 saturated carbocycles. The van der Waals surface area contributed by atoms with Crippen LogP contribution >= 0.6 is 11.8 Å². The molecular formula is C19H17F4N3O2S. The van der Waals surface area contributed by atoms with Gasteiger partial charge in [-0.1, -0.05) is 30.5 Å². The van der Waals surface area contributed by atoms with Crippen LogP contribution in [0.3, 0.4) is 0 Å². The second-order valence-electron chi connectivity index (χ2n) is 6.33. The Morgan fingerprint density at radius 3 is 2.48 bits per heavy atom.